The van der Waals surface area contributed by atoms with Gasteiger partial charge in [0.25, 0.3) is 0 Å². The molecule has 0 spiro atoms. The maximum atomic E-state index is 6.68. The molecule has 1 fully saturated rings. The number of alkyl halides is 1. The molecule has 1 aliphatic carbocycles. The normalized spacial score (nSPS) is 33.0. The van der Waals surface area contributed by atoms with Gasteiger partial charge in [-0.2, -0.15) is 0 Å². The largest absolute Gasteiger partial charge is 0.123 e. The minimum absolute atomic E-state index is 0.396. The van der Waals surface area contributed by atoms with Crippen LogP contribution in [0.2, 0.25) is 0 Å². The topological polar surface area (TPSA) is 0 Å². The van der Waals surface area contributed by atoms with E-state index in [1.165, 1.54) is 37.0 Å². The van der Waals surface area contributed by atoms with Gasteiger partial charge in [0.15, 0.2) is 0 Å². The third kappa shape index (κ3) is 3.62. The second kappa shape index (κ2) is 6.16. The number of hydrogen-bond donors (Lipinski definition) is 0. The Morgan fingerprint density at radius 2 is 1.95 bits per heavy atom. The fourth-order valence-corrected chi connectivity index (χ4v) is 5.74. The lowest BCUT2D eigenvalue weighted by atomic mass is 9.68. The summed E-state index contributed by atoms with van der Waals surface area (Å²) < 4.78 is 0. The highest BCUT2D eigenvalue weighted by Crippen LogP contribution is 2.47. The van der Waals surface area contributed by atoms with Gasteiger partial charge in [-0.25, -0.2) is 0 Å². The van der Waals surface area contributed by atoms with Gasteiger partial charge in [0.1, 0.15) is 0 Å². The van der Waals surface area contributed by atoms with Crippen LogP contribution < -0.4 is 0 Å². The molecule has 0 bridgehead atoms. The molecule has 1 heterocycles. The zero-order chi connectivity index (χ0) is 15.0. The van der Waals surface area contributed by atoms with Gasteiger partial charge in [-0.15, -0.1) is 23.4 Å². The van der Waals surface area contributed by atoms with E-state index in [1.807, 2.05) is 0 Å². The Balaban J connectivity index is 1.62. The summed E-state index contributed by atoms with van der Waals surface area (Å²) in [5, 5.41) is 1.14. The molecular weight excluding hydrogens is 296 g/mol. The Morgan fingerprint density at radius 1 is 1.19 bits per heavy atom. The first-order valence-corrected chi connectivity index (χ1v) is 9.63. The number of hydrogen-bond acceptors (Lipinski definition) is 1. The van der Waals surface area contributed by atoms with Crippen molar-refractivity contribution in [3.63, 3.8) is 0 Å². The van der Waals surface area contributed by atoms with Crippen LogP contribution in [0.25, 0.3) is 0 Å². The van der Waals surface area contributed by atoms with Crippen LogP contribution in [0.15, 0.2) is 29.2 Å². The second-order valence-electron chi connectivity index (χ2n) is 7.94. The maximum Gasteiger partial charge on any atom is 0.0364 e. The molecule has 3 rings (SSSR count). The summed E-state index contributed by atoms with van der Waals surface area (Å²) in [6, 6.07) is 8.90. The lowest BCUT2D eigenvalue weighted by Gasteiger charge is -2.40. The Labute approximate surface area is 139 Å². The molecule has 0 radical (unpaired) electrons. The predicted octanol–water partition coefficient (Wildman–Crippen LogP) is 6.16. The van der Waals surface area contributed by atoms with Crippen LogP contribution in [0.1, 0.15) is 52.0 Å². The van der Waals surface area contributed by atoms with Crippen molar-refractivity contribution in [2.75, 3.05) is 0 Å². The molecule has 0 amide bonds. The van der Waals surface area contributed by atoms with Crippen LogP contribution in [-0.4, -0.2) is 10.6 Å². The van der Waals surface area contributed by atoms with Gasteiger partial charge in [-0.3, -0.25) is 0 Å². The van der Waals surface area contributed by atoms with Gasteiger partial charge in [0, 0.05) is 15.5 Å². The lowest BCUT2D eigenvalue weighted by Crippen LogP contribution is -2.33. The first-order chi connectivity index (χ1) is 9.93. The highest BCUT2D eigenvalue weighted by atomic mass is 35.5. The molecule has 116 valence electrons. The average Bonchev–Trinajstić information content (AvgIpc) is 2.82. The smallest absolute Gasteiger partial charge is 0.0364 e. The second-order valence-corrected chi connectivity index (χ2v) is 9.84. The minimum Gasteiger partial charge on any atom is -0.123 e. The van der Waals surface area contributed by atoms with Gasteiger partial charge in [-0.1, -0.05) is 39.0 Å². The molecule has 1 aromatic carbocycles. The van der Waals surface area contributed by atoms with Crippen LogP contribution in [0, 0.1) is 17.3 Å². The van der Waals surface area contributed by atoms with Gasteiger partial charge >= 0.3 is 0 Å². The van der Waals surface area contributed by atoms with Crippen molar-refractivity contribution in [1.29, 1.82) is 0 Å². The molecule has 2 heteroatoms. The summed E-state index contributed by atoms with van der Waals surface area (Å²) in [5.41, 5.74) is 1.97. The Morgan fingerprint density at radius 3 is 2.67 bits per heavy atom. The summed E-state index contributed by atoms with van der Waals surface area (Å²) in [4.78, 5) is 1.50. The molecule has 0 nitrogen and oxygen atoms in total. The highest BCUT2D eigenvalue weighted by molar-refractivity contribution is 8.00. The van der Waals surface area contributed by atoms with E-state index in [-0.39, 0.29) is 0 Å². The molecule has 4 atom stereocenters. The molecule has 1 aliphatic heterocycles. The van der Waals surface area contributed by atoms with Crippen LogP contribution in [0.4, 0.5) is 0 Å². The van der Waals surface area contributed by atoms with Crippen LogP contribution >= 0.6 is 23.4 Å². The van der Waals surface area contributed by atoms with Gasteiger partial charge < -0.3 is 0 Å². The van der Waals surface area contributed by atoms with Crippen molar-refractivity contribution in [2.45, 2.75) is 68.4 Å². The zero-order valence-corrected chi connectivity index (χ0v) is 15.0. The van der Waals surface area contributed by atoms with Gasteiger partial charge in [-0.05, 0) is 61.0 Å². The van der Waals surface area contributed by atoms with E-state index in [0.717, 1.165) is 11.2 Å². The summed E-state index contributed by atoms with van der Waals surface area (Å²) in [7, 11) is 0. The molecule has 0 N–H and O–H groups in total. The van der Waals surface area contributed by atoms with Crippen molar-refractivity contribution in [1.82, 2.24) is 0 Å². The first kappa shape index (κ1) is 15.7. The van der Waals surface area contributed by atoms with E-state index in [4.69, 9.17) is 11.6 Å². The summed E-state index contributed by atoms with van der Waals surface area (Å²) in [6.07, 6.45) is 6.37. The van der Waals surface area contributed by atoms with Crippen molar-refractivity contribution >= 4 is 23.4 Å². The molecule has 4 unspecified atom stereocenters. The number of rotatable bonds is 2. The third-order valence-electron chi connectivity index (χ3n) is 5.39. The van der Waals surface area contributed by atoms with Gasteiger partial charge in [0.05, 0.1) is 0 Å². The van der Waals surface area contributed by atoms with Gasteiger partial charge in [0.2, 0.25) is 0 Å². The SMILES string of the molecule is CC(C)(C)C1CCC(Cl)C(CC2Cc3ccccc3S2)C1. The molecule has 1 saturated carbocycles. The minimum atomic E-state index is 0.396. The number of halogens is 1. The zero-order valence-electron chi connectivity index (χ0n) is 13.4. The van der Waals surface area contributed by atoms with E-state index in [1.54, 1.807) is 5.56 Å². The van der Waals surface area contributed by atoms with Crippen LogP contribution in [0.3, 0.4) is 0 Å². The quantitative estimate of drug-likeness (QED) is 0.587. The Kier molecular flexibility index (Phi) is 4.62. The molecule has 0 saturated heterocycles. The standard InChI is InChI=1S/C19H27ClS/c1-19(2,3)15-8-9-17(20)14(10-15)12-16-11-13-6-4-5-7-18(13)21-16/h4-7,14-17H,8-12H2,1-3H3. The summed E-state index contributed by atoms with van der Waals surface area (Å²) in [6.45, 7) is 7.18. The molecule has 21 heavy (non-hydrogen) atoms. The molecule has 0 aromatic heterocycles. The van der Waals surface area contributed by atoms with E-state index in [9.17, 15) is 0 Å². The van der Waals surface area contributed by atoms with Crippen LogP contribution in [0.5, 0.6) is 0 Å². The van der Waals surface area contributed by atoms with E-state index >= 15 is 0 Å². The van der Waals surface area contributed by atoms with Crippen molar-refractivity contribution in [3.8, 4) is 0 Å². The molecule has 1 aromatic rings. The number of benzene rings is 1. The monoisotopic (exact) mass is 322 g/mol. The summed E-state index contributed by atoms with van der Waals surface area (Å²) >= 11 is 8.76. The average molecular weight is 323 g/mol. The van der Waals surface area contributed by atoms with Crippen molar-refractivity contribution in [2.24, 2.45) is 17.3 Å². The molecule has 2 aliphatic rings. The van der Waals surface area contributed by atoms with Crippen molar-refractivity contribution in [3.05, 3.63) is 29.8 Å². The highest BCUT2D eigenvalue weighted by Gasteiger charge is 2.37. The Bertz CT molecular complexity index is 466. The maximum absolute atomic E-state index is 6.68. The summed E-state index contributed by atoms with van der Waals surface area (Å²) in [5.74, 6) is 1.54. The van der Waals surface area contributed by atoms with E-state index in [2.05, 4.69) is 56.8 Å². The fraction of sp³-hybridized carbons (Fsp3) is 0.684. The third-order valence-corrected chi connectivity index (χ3v) is 7.31. The number of thioether (sulfide) groups is 1. The van der Waals surface area contributed by atoms with Crippen molar-refractivity contribution < 1.29 is 0 Å². The lowest BCUT2D eigenvalue weighted by molar-refractivity contribution is 0.140. The molecular formula is C19H27ClS. The van der Waals surface area contributed by atoms with E-state index < -0.39 is 0 Å². The van der Waals surface area contributed by atoms with E-state index in [0.29, 0.717) is 16.7 Å². The van der Waals surface area contributed by atoms with Crippen LogP contribution in [-0.2, 0) is 6.42 Å². The number of fused-ring (bicyclic) bond motifs is 1. The fourth-order valence-electron chi connectivity index (χ4n) is 3.98. The Hall–Kier alpha value is -0.140. The first-order valence-electron chi connectivity index (χ1n) is 8.32. The predicted molar refractivity (Wildman–Crippen MR) is 94.3 cm³/mol.